The summed E-state index contributed by atoms with van der Waals surface area (Å²) in [5, 5.41) is 8.15. The van der Waals surface area contributed by atoms with Gasteiger partial charge in [-0.2, -0.15) is 4.98 Å². The maximum Gasteiger partial charge on any atom is 0.226 e. The molecule has 6 heteroatoms. The Morgan fingerprint density at radius 1 is 1.25 bits per heavy atom. The first-order chi connectivity index (χ1) is 9.69. The Hall–Kier alpha value is -1.69. The standard InChI is InChI=1S/C14H20N4O2/c1-4-13-15-14(17-20-13)12-6-5-7-18(12)8-11-9(2)16-19-10(11)3/h12H,4-8H2,1-3H3/t12-/m0/s1. The molecule has 2 aromatic heterocycles. The fourth-order valence-electron chi connectivity index (χ4n) is 2.79. The number of aromatic nitrogens is 3. The molecule has 1 saturated heterocycles. The average molecular weight is 276 g/mol. The maximum absolute atomic E-state index is 5.24. The molecular weight excluding hydrogens is 256 g/mol. The van der Waals surface area contributed by atoms with E-state index in [1.807, 2.05) is 20.8 Å². The third-order valence-electron chi connectivity index (χ3n) is 3.99. The molecule has 2 aromatic rings. The molecule has 1 aliphatic heterocycles. The van der Waals surface area contributed by atoms with Crippen molar-refractivity contribution in [1.82, 2.24) is 20.2 Å². The largest absolute Gasteiger partial charge is 0.361 e. The summed E-state index contributed by atoms with van der Waals surface area (Å²) in [5.74, 6) is 2.42. The first-order valence-electron chi connectivity index (χ1n) is 7.17. The van der Waals surface area contributed by atoms with E-state index < -0.39 is 0 Å². The molecule has 0 bridgehead atoms. The van der Waals surface area contributed by atoms with Crippen LogP contribution in [-0.2, 0) is 13.0 Å². The van der Waals surface area contributed by atoms with Gasteiger partial charge in [-0.3, -0.25) is 4.90 Å². The first-order valence-corrected chi connectivity index (χ1v) is 7.17. The number of hydrogen-bond acceptors (Lipinski definition) is 6. The highest BCUT2D eigenvalue weighted by Gasteiger charge is 2.31. The molecule has 3 rings (SSSR count). The molecule has 1 atom stereocenters. The second kappa shape index (κ2) is 5.36. The van der Waals surface area contributed by atoms with Crippen molar-refractivity contribution in [2.24, 2.45) is 0 Å². The van der Waals surface area contributed by atoms with Gasteiger partial charge >= 0.3 is 0 Å². The molecule has 0 spiro atoms. The van der Waals surface area contributed by atoms with Crippen LogP contribution in [0.25, 0.3) is 0 Å². The summed E-state index contributed by atoms with van der Waals surface area (Å²) in [7, 11) is 0. The van der Waals surface area contributed by atoms with Crippen molar-refractivity contribution in [2.45, 2.75) is 52.6 Å². The second-order valence-corrected chi connectivity index (χ2v) is 5.33. The van der Waals surface area contributed by atoms with Crippen LogP contribution in [0.4, 0.5) is 0 Å². The molecule has 20 heavy (non-hydrogen) atoms. The lowest BCUT2D eigenvalue weighted by molar-refractivity contribution is 0.232. The topological polar surface area (TPSA) is 68.2 Å². The second-order valence-electron chi connectivity index (χ2n) is 5.33. The van der Waals surface area contributed by atoms with Gasteiger partial charge in [-0.25, -0.2) is 0 Å². The van der Waals surface area contributed by atoms with Crippen molar-refractivity contribution in [3.8, 4) is 0 Å². The molecule has 0 aromatic carbocycles. The van der Waals surface area contributed by atoms with Gasteiger partial charge < -0.3 is 9.05 Å². The Balaban J connectivity index is 1.79. The minimum absolute atomic E-state index is 0.243. The Kier molecular flexibility index (Phi) is 3.56. The quantitative estimate of drug-likeness (QED) is 0.855. The molecule has 1 fully saturated rings. The summed E-state index contributed by atoms with van der Waals surface area (Å²) in [6.07, 6.45) is 3.01. The molecule has 108 valence electrons. The van der Waals surface area contributed by atoms with Crippen LogP contribution in [0.5, 0.6) is 0 Å². The van der Waals surface area contributed by atoms with Gasteiger partial charge in [0, 0.05) is 18.5 Å². The summed E-state index contributed by atoms with van der Waals surface area (Å²) in [5.41, 5.74) is 2.15. The fourth-order valence-corrected chi connectivity index (χ4v) is 2.79. The lowest BCUT2D eigenvalue weighted by Gasteiger charge is -2.21. The van der Waals surface area contributed by atoms with Crippen molar-refractivity contribution in [3.05, 3.63) is 28.7 Å². The summed E-state index contributed by atoms with van der Waals surface area (Å²) in [4.78, 5) is 6.86. The summed E-state index contributed by atoms with van der Waals surface area (Å²) >= 11 is 0. The van der Waals surface area contributed by atoms with Crippen LogP contribution in [0.2, 0.25) is 0 Å². The van der Waals surface area contributed by atoms with Crippen molar-refractivity contribution in [1.29, 1.82) is 0 Å². The van der Waals surface area contributed by atoms with E-state index in [0.29, 0.717) is 5.89 Å². The van der Waals surface area contributed by atoms with Crippen molar-refractivity contribution in [3.63, 3.8) is 0 Å². The van der Waals surface area contributed by atoms with E-state index in [2.05, 4.69) is 20.2 Å². The predicted octanol–water partition coefficient (Wildman–Crippen LogP) is 2.57. The van der Waals surface area contributed by atoms with Gasteiger partial charge in [0.25, 0.3) is 0 Å². The molecule has 0 N–H and O–H groups in total. The van der Waals surface area contributed by atoms with Crippen LogP contribution < -0.4 is 0 Å². The molecular formula is C14H20N4O2. The van der Waals surface area contributed by atoms with Crippen LogP contribution in [-0.4, -0.2) is 26.7 Å². The van der Waals surface area contributed by atoms with Crippen LogP contribution in [0.15, 0.2) is 9.05 Å². The Bertz CT molecular complexity index is 570. The number of nitrogens with zero attached hydrogens (tertiary/aromatic N) is 4. The third kappa shape index (κ3) is 2.35. The van der Waals surface area contributed by atoms with Crippen LogP contribution in [0, 0.1) is 13.8 Å². The maximum atomic E-state index is 5.24. The molecule has 3 heterocycles. The Morgan fingerprint density at radius 2 is 2.10 bits per heavy atom. The van der Waals surface area contributed by atoms with E-state index in [1.54, 1.807) is 0 Å². The molecule has 6 nitrogen and oxygen atoms in total. The van der Waals surface area contributed by atoms with Gasteiger partial charge in [0.15, 0.2) is 5.82 Å². The predicted molar refractivity (Wildman–Crippen MR) is 72.0 cm³/mol. The van der Waals surface area contributed by atoms with E-state index in [4.69, 9.17) is 9.05 Å². The monoisotopic (exact) mass is 276 g/mol. The van der Waals surface area contributed by atoms with Gasteiger partial charge in [0.2, 0.25) is 5.89 Å². The van der Waals surface area contributed by atoms with Gasteiger partial charge in [-0.15, -0.1) is 0 Å². The minimum atomic E-state index is 0.243. The summed E-state index contributed by atoms with van der Waals surface area (Å²) in [6, 6.07) is 0.243. The number of aryl methyl sites for hydroxylation is 3. The van der Waals surface area contributed by atoms with E-state index >= 15 is 0 Å². The number of hydrogen-bond donors (Lipinski definition) is 0. The van der Waals surface area contributed by atoms with E-state index in [9.17, 15) is 0 Å². The Labute approximate surface area is 118 Å². The van der Waals surface area contributed by atoms with Crippen LogP contribution in [0.3, 0.4) is 0 Å². The van der Waals surface area contributed by atoms with Gasteiger partial charge in [-0.05, 0) is 33.2 Å². The molecule has 1 aliphatic rings. The lowest BCUT2D eigenvalue weighted by Crippen LogP contribution is -2.24. The highest BCUT2D eigenvalue weighted by Crippen LogP contribution is 2.32. The molecule has 0 radical (unpaired) electrons. The van der Waals surface area contributed by atoms with E-state index in [1.165, 1.54) is 5.56 Å². The number of rotatable bonds is 4. The van der Waals surface area contributed by atoms with E-state index in [-0.39, 0.29) is 6.04 Å². The lowest BCUT2D eigenvalue weighted by atomic mass is 10.1. The highest BCUT2D eigenvalue weighted by atomic mass is 16.5. The highest BCUT2D eigenvalue weighted by molar-refractivity contribution is 5.21. The number of likely N-dealkylation sites (tertiary alicyclic amines) is 1. The molecule has 0 aliphatic carbocycles. The fraction of sp³-hybridized carbons (Fsp3) is 0.643. The van der Waals surface area contributed by atoms with Gasteiger partial charge in [0.05, 0.1) is 11.7 Å². The third-order valence-corrected chi connectivity index (χ3v) is 3.99. The van der Waals surface area contributed by atoms with Crippen LogP contribution >= 0.6 is 0 Å². The molecule has 0 amide bonds. The molecule has 0 saturated carbocycles. The zero-order valence-corrected chi connectivity index (χ0v) is 12.2. The van der Waals surface area contributed by atoms with Crippen molar-refractivity contribution in [2.75, 3.05) is 6.54 Å². The minimum Gasteiger partial charge on any atom is -0.361 e. The Morgan fingerprint density at radius 3 is 2.75 bits per heavy atom. The zero-order valence-electron chi connectivity index (χ0n) is 12.2. The van der Waals surface area contributed by atoms with Crippen molar-refractivity contribution >= 4 is 0 Å². The summed E-state index contributed by atoms with van der Waals surface area (Å²) < 4.78 is 10.5. The SMILES string of the molecule is CCc1nc([C@@H]2CCCN2Cc2c(C)noc2C)no1. The van der Waals surface area contributed by atoms with Crippen LogP contribution in [0.1, 0.15) is 54.5 Å². The normalized spacial score (nSPS) is 19.9. The van der Waals surface area contributed by atoms with E-state index in [0.717, 1.165) is 49.6 Å². The van der Waals surface area contributed by atoms with Crippen molar-refractivity contribution < 1.29 is 9.05 Å². The zero-order chi connectivity index (χ0) is 14.1. The molecule has 0 unspecified atom stereocenters. The van der Waals surface area contributed by atoms with Gasteiger partial charge in [-0.1, -0.05) is 17.2 Å². The van der Waals surface area contributed by atoms with Gasteiger partial charge in [0.1, 0.15) is 5.76 Å². The first kappa shape index (κ1) is 13.3. The average Bonchev–Trinajstić information content (AvgIpc) is 3.14. The smallest absolute Gasteiger partial charge is 0.226 e. The summed E-state index contributed by atoms with van der Waals surface area (Å²) in [6.45, 7) is 7.85.